The number of aryl methyl sites for hydroxylation is 1. The fourth-order valence-electron chi connectivity index (χ4n) is 4.10. The molecule has 2 aliphatic carbocycles. The molecule has 2 nitrogen and oxygen atoms in total. The van der Waals surface area contributed by atoms with E-state index in [1.54, 1.807) is 0 Å². The number of rotatable bonds is 2. The summed E-state index contributed by atoms with van der Waals surface area (Å²) in [6.45, 7) is 1.99. The molecule has 2 N–H and O–H groups in total. The first-order chi connectivity index (χ1) is 8.74. The van der Waals surface area contributed by atoms with E-state index in [1.807, 2.05) is 13.0 Å². The molecule has 18 heavy (non-hydrogen) atoms. The maximum atomic E-state index is 6.41. The van der Waals surface area contributed by atoms with Gasteiger partial charge in [0.2, 0.25) is 0 Å². The minimum atomic E-state index is 0.113. The zero-order valence-corrected chi connectivity index (χ0v) is 11.4. The molecule has 0 amide bonds. The van der Waals surface area contributed by atoms with Crippen molar-refractivity contribution in [3.05, 3.63) is 23.7 Å². The molecule has 100 valence electrons. The van der Waals surface area contributed by atoms with Gasteiger partial charge >= 0.3 is 0 Å². The van der Waals surface area contributed by atoms with Crippen molar-refractivity contribution in [1.29, 1.82) is 0 Å². The number of nitrogens with two attached hydrogens (primary N) is 1. The van der Waals surface area contributed by atoms with Gasteiger partial charge in [0.15, 0.2) is 0 Å². The van der Waals surface area contributed by atoms with Gasteiger partial charge in [-0.3, -0.25) is 0 Å². The van der Waals surface area contributed by atoms with Crippen LogP contribution in [0.5, 0.6) is 0 Å². The largest absolute Gasteiger partial charge is 0.465 e. The fourth-order valence-corrected chi connectivity index (χ4v) is 4.10. The van der Waals surface area contributed by atoms with Crippen LogP contribution in [0.3, 0.4) is 0 Å². The van der Waals surface area contributed by atoms with Gasteiger partial charge in [0.25, 0.3) is 0 Å². The summed E-state index contributed by atoms with van der Waals surface area (Å²) in [6.07, 6.45) is 9.80. The van der Waals surface area contributed by atoms with Crippen LogP contribution in [0, 0.1) is 24.7 Å². The summed E-state index contributed by atoms with van der Waals surface area (Å²) in [4.78, 5) is 0. The van der Waals surface area contributed by atoms with Crippen molar-refractivity contribution in [2.75, 3.05) is 0 Å². The van der Waals surface area contributed by atoms with Crippen LogP contribution in [0.1, 0.15) is 62.5 Å². The average Bonchev–Trinajstić information content (AvgIpc) is 2.84. The molecule has 0 aromatic carbocycles. The van der Waals surface area contributed by atoms with E-state index in [4.69, 9.17) is 10.2 Å². The van der Waals surface area contributed by atoms with Crippen molar-refractivity contribution in [3.63, 3.8) is 0 Å². The van der Waals surface area contributed by atoms with Crippen molar-refractivity contribution in [1.82, 2.24) is 0 Å². The van der Waals surface area contributed by atoms with Crippen LogP contribution >= 0.6 is 0 Å². The van der Waals surface area contributed by atoms with Gasteiger partial charge in [-0.2, -0.15) is 0 Å². The van der Waals surface area contributed by atoms with Gasteiger partial charge in [-0.25, -0.2) is 0 Å². The van der Waals surface area contributed by atoms with E-state index in [0.29, 0.717) is 5.92 Å². The molecule has 1 heterocycles. The molecule has 2 fully saturated rings. The molecule has 1 aromatic rings. The van der Waals surface area contributed by atoms with Crippen molar-refractivity contribution in [2.24, 2.45) is 23.5 Å². The second-order valence-corrected chi connectivity index (χ2v) is 6.35. The molecule has 0 aliphatic heterocycles. The summed E-state index contributed by atoms with van der Waals surface area (Å²) < 4.78 is 5.71. The van der Waals surface area contributed by atoms with Crippen LogP contribution in [-0.4, -0.2) is 0 Å². The molecule has 4 unspecified atom stereocenters. The third-order valence-electron chi connectivity index (χ3n) is 5.18. The molecule has 1 aromatic heterocycles. The van der Waals surface area contributed by atoms with Crippen molar-refractivity contribution >= 4 is 0 Å². The molecule has 3 rings (SSSR count). The van der Waals surface area contributed by atoms with Gasteiger partial charge in [0, 0.05) is 0 Å². The Hall–Kier alpha value is -0.760. The molecule has 4 atom stereocenters. The number of hydrogen-bond acceptors (Lipinski definition) is 2. The van der Waals surface area contributed by atoms with E-state index < -0.39 is 0 Å². The van der Waals surface area contributed by atoms with Gasteiger partial charge in [-0.15, -0.1) is 0 Å². The first-order valence-corrected chi connectivity index (χ1v) is 7.56. The Labute approximate surface area is 110 Å². The Morgan fingerprint density at radius 1 is 1.11 bits per heavy atom. The fraction of sp³-hybridized carbons (Fsp3) is 0.750. The summed E-state index contributed by atoms with van der Waals surface area (Å²) in [5.74, 6) is 4.55. The Morgan fingerprint density at radius 3 is 2.61 bits per heavy atom. The summed E-state index contributed by atoms with van der Waals surface area (Å²) in [5.41, 5.74) is 6.41. The van der Waals surface area contributed by atoms with Gasteiger partial charge in [0.1, 0.15) is 11.5 Å². The predicted octanol–water partition coefficient (Wildman–Crippen LogP) is 4.19. The van der Waals surface area contributed by atoms with Crippen LogP contribution < -0.4 is 5.73 Å². The topological polar surface area (TPSA) is 39.2 Å². The molecule has 0 saturated heterocycles. The summed E-state index contributed by atoms with van der Waals surface area (Å²) >= 11 is 0. The van der Waals surface area contributed by atoms with Crippen LogP contribution in [0.4, 0.5) is 0 Å². The van der Waals surface area contributed by atoms with Crippen molar-refractivity contribution < 1.29 is 4.42 Å². The standard InChI is InChI=1S/C16H25NO/c1-11-6-9-15(18-11)16(17)14-8-7-12-4-2-3-5-13(12)10-14/h6,9,12-14,16H,2-5,7-8,10,17H2,1H3. The van der Waals surface area contributed by atoms with E-state index in [0.717, 1.165) is 23.4 Å². The highest BCUT2D eigenvalue weighted by Gasteiger charge is 2.35. The molecule has 2 heteroatoms. The van der Waals surface area contributed by atoms with Crippen LogP contribution in [-0.2, 0) is 0 Å². The van der Waals surface area contributed by atoms with E-state index in [9.17, 15) is 0 Å². The lowest BCUT2D eigenvalue weighted by atomic mass is 9.66. The molecule has 0 bridgehead atoms. The Morgan fingerprint density at radius 2 is 1.89 bits per heavy atom. The lowest BCUT2D eigenvalue weighted by Crippen LogP contribution is -2.32. The third-order valence-corrected chi connectivity index (χ3v) is 5.18. The molecular weight excluding hydrogens is 222 g/mol. The van der Waals surface area contributed by atoms with E-state index in [1.165, 1.54) is 44.9 Å². The van der Waals surface area contributed by atoms with Gasteiger partial charge in [-0.1, -0.05) is 25.7 Å². The van der Waals surface area contributed by atoms with Crippen LogP contribution in [0.15, 0.2) is 16.5 Å². The second kappa shape index (κ2) is 5.08. The quantitative estimate of drug-likeness (QED) is 0.851. The minimum absolute atomic E-state index is 0.113. The van der Waals surface area contributed by atoms with E-state index in [-0.39, 0.29) is 6.04 Å². The zero-order valence-electron chi connectivity index (χ0n) is 11.4. The minimum Gasteiger partial charge on any atom is -0.465 e. The number of hydrogen-bond donors (Lipinski definition) is 1. The number of furan rings is 1. The molecule has 2 saturated carbocycles. The first-order valence-electron chi connectivity index (χ1n) is 7.56. The molecule has 0 spiro atoms. The molecule has 0 radical (unpaired) electrons. The molecular formula is C16H25NO. The Balaban J connectivity index is 1.66. The van der Waals surface area contributed by atoms with Gasteiger partial charge in [-0.05, 0) is 56.1 Å². The highest BCUT2D eigenvalue weighted by molar-refractivity contribution is 5.10. The normalized spacial score (nSPS) is 34.0. The van der Waals surface area contributed by atoms with Gasteiger partial charge < -0.3 is 10.2 Å². The highest BCUT2D eigenvalue weighted by Crippen LogP contribution is 2.45. The average molecular weight is 247 g/mol. The Bertz CT molecular complexity index is 398. The molecule has 2 aliphatic rings. The van der Waals surface area contributed by atoms with Crippen molar-refractivity contribution in [3.8, 4) is 0 Å². The van der Waals surface area contributed by atoms with Crippen LogP contribution in [0.25, 0.3) is 0 Å². The highest BCUT2D eigenvalue weighted by atomic mass is 16.3. The Kier molecular flexibility index (Phi) is 3.47. The SMILES string of the molecule is Cc1ccc(C(N)C2CCC3CCCCC3C2)o1. The predicted molar refractivity (Wildman–Crippen MR) is 73.2 cm³/mol. The van der Waals surface area contributed by atoms with E-state index >= 15 is 0 Å². The lowest BCUT2D eigenvalue weighted by molar-refractivity contribution is 0.113. The summed E-state index contributed by atoms with van der Waals surface area (Å²) in [5, 5.41) is 0. The van der Waals surface area contributed by atoms with Crippen molar-refractivity contribution in [2.45, 2.75) is 57.9 Å². The second-order valence-electron chi connectivity index (χ2n) is 6.35. The first kappa shape index (κ1) is 12.3. The smallest absolute Gasteiger partial charge is 0.121 e. The van der Waals surface area contributed by atoms with E-state index in [2.05, 4.69) is 6.07 Å². The summed E-state index contributed by atoms with van der Waals surface area (Å²) in [7, 11) is 0. The monoisotopic (exact) mass is 247 g/mol. The maximum Gasteiger partial charge on any atom is 0.121 e. The maximum absolute atomic E-state index is 6.41. The lowest BCUT2D eigenvalue weighted by Gasteiger charge is -2.40. The summed E-state index contributed by atoms with van der Waals surface area (Å²) in [6, 6.07) is 4.20. The van der Waals surface area contributed by atoms with Gasteiger partial charge in [0.05, 0.1) is 6.04 Å². The third kappa shape index (κ3) is 2.35. The number of fused-ring (bicyclic) bond motifs is 1. The zero-order chi connectivity index (χ0) is 12.5. The van der Waals surface area contributed by atoms with Crippen LogP contribution in [0.2, 0.25) is 0 Å².